The molecule has 2 heterocycles. The molecule has 1 aromatic heterocycles. The van der Waals surface area contributed by atoms with Gasteiger partial charge in [0.2, 0.25) is 0 Å². The normalized spacial score (nSPS) is 16.3. The summed E-state index contributed by atoms with van der Waals surface area (Å²) in [6.07, 6.45) is 2.21. The van der Waals surface area contributed by atoms with Crippen LogP contribution >= 0.6 is 0 Å². The Balaban J connectivity index is 1.58. The molecule has 11 heteroatoms. The van der Waals surface area contributed by atoms with Crippen LogP contribution in [0.25, 0.3) is 16.7 Å². The molecule has 1 aliphatic rings. The average molecular weight is 558 g/mol. The lowest BCUT2D eigenvalue weighted by molar-refractivity contribution is -0.384. The van der Waals surface area contributed by atoms with Crippen molar-refractivity contribution in [2.75, 3.05) is 20.3 Å². The van der Waals surface area contributed by atoms with Gasteiger partial charge < -0.3 is 29.6 Å². The molecule has 1 fully saturated rings. The number of likely N-dealkylation sites (tertiary alicyclic amines) is 1. The smallest absolute Gasteiger partial charge is 0.295 e. The van der Waals surface area contributed by atoms with Gasteiger partial charge in [0.05, 0.1) is 30.3 Å². The molecular weight excluding hydrogens is 530 g/mol. The summed E-state index contributed by atoms with van der Waals surface area (Å²) in [6, 6.07) is 14.1. The standard InChI is InChI=1S/C30H27N3O8/c1-3-41-25-14-18(6-11-24(25)34)27-26(28(35)17-4-7-20(8-5-17)33(38)39)29(36)30(37)32(27)13-12-19-16-31-23-10-9-21(40-2)15-22(19)23/h4-11,14-16,27,31,34-35H,3,12-13H2,1-2H3/t27-/m1/s1. The predicted molar refractivity (Wildman–Crippen MR) is 150 cm³/mol. The number of carbonyl (C=O) groups excluding carboxylic acids is 2. The summed E-state index contributed by atoms with van der Waals surface area (Å²) in [7, 11) is 1.58. The third-order valence-corrected chi connectivity index (χ3v) is 7.09. The lowest BCUT2D eigenvalue weighted by Gasteiger charge is -2.26. The minimum absolute atomic E-state index is 0.115. The number of hydrogen-bond donors (Lipinski definition) is 3. The van der Waals surface area contributed by atoms with E-state index in [1.54, 1.807) is 20.1 Å². The minimum Gasteiger partial charge on any atom is -0.507 e. The van der Waals surface area contributed by atoms with Crippen LogP contribution in [0.15, 0.2) is 72.4 Å². The largest absolute Gasteiger partial charge is 0.507 e. The van der Waals surface area contributed by atoms with E-state index in [0.29, 0.717) is 17.7 Å². The van der Waals surface area contributed by atoms with Crippen molar-refractivity contribution in [2.45, 2.75) is 19.4 Å². The highest BCUT2D eigenvalue weighted by Crippen LogP contribution is 2.42. The molecule has 1 aliphatic heterocycles. The number of ketones is 1. The van der Waals surface area contributed by atoms with Gasteiger partial charge in [-0.05, 0) is 66.9 Å². The fraction of sp³-hybridized carbons (Fsp3) is 0.200. The number of ether oxygens (including phenoxy) is 2. The minimum atomic E-state index is -1.01. The van der Waals surface area contributed by atoms with Crippen LogP contribution in [0.5, 0.6) is 17.2 Å². The maximum atomic E-state index is 13.4. The van der Waals surface area contributed by atoms with Crippen molar-refractivity contribution in [3.8, 4) is 17.2 Å². The number of hydrogen-bond acceptors (Lipinski definition) is 8. The molecule has 5 rings (SSSR count). The monoisotopic (exact) mass is 557 g/mol. The molecule has 3 N–H and O–H groups in total. The van der Waals surface area contributed by atoms with Gasteiger partial charge >= 0.3 is 0 Å². The Kier molecular flexibility index (Phi) is 7.34. The van der Waals surface area contributed by atoms with Crippen LogP contribution in [0.1, 0.15) is 29.7 Å². The zero-order valence-electron chi connectivity index (χ0n) is 22.3. The van der Waals surface area contributed by atoms with Crippen LogP contribution in [0.3, 0.4) is 0 Å². The molecule has 210 valence electrons. The number of nitro groups is 1. The summed E-state index contributed by atoms with van der Waals surface area (Å²) in [5.74, 6) is -1.44. The van der Waals surface area contributed by atoms with E-state index in [9.17, 15) is 29.9 Å². The number of methoxy groups -OCH3 is 1. The molecule has 1 saturated heterocycles. The number of non-ortho nitro benzene ring substituents is 1. The van der Waals surface area contributed by atoms with E-state index in [0.717, 1.165) is 16.5 Å². The number of phenols is 1. The maximum Gasteiger partial charge on any atom is 0.295 e. The van der Waals surface area contributed by atoms with Crippen LogP contribution in [0.4, 0.5) is 5.69 Å². The molecular formula is C30H27N3O8. The molecule has 0 spiro atoms. The maximum absolute atomic E-state index is 13.4. The molecule has 0 aliphatic carbocycles. The Hall–Kier alpha value is -5.32. The van der Waals surface area contributed by atoms with Gasteiger partial charge in [-0.1, -0.05) is 6.07 Å². The predicted octanol–water partition coefficient (Wildman–Crippen LogP) is 4.85. The Morgan fingerprint density at radius 1 is 1.10 bits per heavy atom. The van der Waals surface area contributed by atoms with E-state index in [1.165, 1.54) is 41.3 Å². The van der Waals surface area contributed by atoms with Gasteiger partial charge in [0, 0.05) is 41.3 Å². The Morgan fingerprint density at radius 2 is 1.85 bits per heavy atom. The van der Waals surface area contributed by atoms with Gasteiger partial charge in [-0.25, -0.2) is 0 Å². The van der Waals surface area contributed by atoms with Crippen molar-refractivity contribution in [3.05, 3.63) is 99.2 Å². The lowest BCUT2D eigenvalue weighted by Crippen LogP contribution is -2.31. The molecule has 0 radical (unpaired) electrons. The van der Waals surface area contributed by atoms with Crippen LogP contribution in [0.2, 0.25) is 0 Å². The second-order valence-electron chi connectivity index (χ2n) is 9.43. The molecule has 11 nitrogen and oxygen atoms in total. The third-order valence-electron chi connectivity index (χ3n) is 7.09. The summed E-state index contributed by atoms with van der Waals surface area (Å²) in [4.78, 5) is 41.9. The Morgan fingerprint density at radius 3 is 2.54 bits per heavy atom. The summed E-state index contributed by atoms with van der Waals surface area (Å²) in [5, 5.41) is 33.6. The van der Waals surface area contributed by atoms with Crippen LogP contribution in [0, 0.1) is 10.1 Å². The van der Waals surface area contributed by atoms with Gasteiger partial charge in [0.25, 0.3) is 17.4 Å². The summed E-state index contributed by atoms with van der Waals surface area (Å²) < 4.78 is 10.9. The molecule has 3 aromatic carbocycles. The first-order chi connectivity index (χ1) is 19.7. The molecule has 0 unspecified atom stereocenters. The van der Waals surface area contributed by atoms with Crippen molar-refractivity contribution in [1.82, 2.24) is 9.88 Å². The second-order valence-corrected chi connectivity index (χ2v) is 9.43. The number of fused-ring (bicyclic) bond motifs is 1. The van der Waals surface area contributed by atoms with E-state index in [-0.39, 0.29) is 41.5 Å². The van der Waals surface area contributed by atoms with Crippen molar-refractivity contribution in [2.24, 2.45) is 0 Å². The van der Waals surface area contributed by atoms with E-state index in [2.05, 4.69) is 4.98 Å². The first-order valence-corrected chi connectivity index (χ1v) is 12.9. The van der Waals surface area contributed by atoms with E-state index >= 15 is 0 Å². The molecule has 4 aromatic rings. The van der Waals surface area contributed by atoms with Crippen molar-refractivity contribution in [1.29, 1.82) is 0 Å². The highest BCUT2D eigenvalue weighted by molar-refractivity contribution is 6.46. The van der Waals surface area contributed by atoms with Crippen LogP contribution in [-0.4, -0.2) is 57.0 Å². The van der Waals surface area contributed by atoms with Gasteiger partial charge in [0.15, 0.2) is 11.5 Å². The SMILES string of the molecule is CCOc1cc([C@@H]2C(=C(O)c3ccc([N+](=O)[O-])cc3)C(=O)C(=O)N2CCc2c[nH]c3ccc(OC)cc23)ccc1O. The van der Waals surface area contributed by atoms with Crippen LogP contribution in [-0.2, 0) is 16.0 Å². The summed E-state index contributed by atoms with van der Waals surface area (Å²) in [5.41, 5.74) is 2.01. The zero-order chi connectivity index (χ0) is 29.3. The van der Waals surface area contributed by atoms with E-state index < -0.39 is 28.4 Å². The molecule has 1 atom stereocenters. The fourth-order valence-electron chi connectivity index (χ4n) is 5.06. The number of nitrogens with zero attached hydrogens (tertiary/aromatic N) is 2. The number of aromatic amines is 1. The average Bonchev–Trinajstić information content (AvgIpc) is 3.49. The van der Waals surface area contributed by atoms with Gasteiger partial charge in [-0.15, -0.1) is 0 Å². The number of benzene rings is 3. The number of aromatic nitrogens is 1. The topological polar surface area (TPSA) is 155 Å². The molecule has 1 amide bonds. The number of aromatic hydroxyl groups is 1. The fourth-order valence-corrected chi connectivity index (χ4v) is 5.06. The molecule has 0 saturated carbocycles. The number of amides is 1. The summed E-state index contributed by atoms with van der Waals surface area (Å²) in [6.45, 7) is 2.15. The number of H-pyrrole nitrogens is 1. The lowest BCUT2D eigenvalue weighted by atomic mass is 9.94. The number of aliphatic hydroxyl groups excluding tert-OH is 1. The number of Topliss-reactive ketones (excluding diaryl/α,β-unsaturated/α-hetero) is 1. The number of nitrogens with one attached hydrogen (secondary N) is 1. The van der Waals surface area contributed by atoms with Crippen LogP contribution < -0.4 is 9.47 Å². The van der Waals surface area contributed by atoms with E-state index in [1.807, 2.05) is 24.4 Å². The molecule has 0 bridgehead atoms. The van der Waals surface area contributed by atoms with Crippen molar-refractivity contribution >= 4 is 34.0 Å². The Bertz CT molecular complexity index is 1690. The number of phenolic OH excluding ortho intramolecular Hbond substituents is 1. The third kappa shape index (κ3) is 5.05. The van der Waals surface area contributed by atoms with Crippen molar-refractivity contribution < 1.29 is 34.2 Å². The van der Waals surface area contributed by atoms with E-state index in [4.69, 9.17) is 9.47 Å². The first kappa shape index (κ1) is 27.3. The summed E-state index contributed by atoms with van der Waals surface area (Å²) >= 11 is 0. The highest BCUT2D eigenvalue weighted by atomic mass is 16.6. The number of nitro benzene ring substituents is 1. The second kappa shape index (κ2) is 11.0. The van der Waals surface area contributed by atoms with Crippen molar-refractivity contribution in [3.63, 3.8) is 0 Å². The quantitative estimate of drug-likeness (QED) is 0.0867. The number of aliphatic hydroxyl groups is 1. The molecule has 41 heavy (non-hydrogen) atoms. The number of carbonyl (C=O) groups is 2. The van der Waals surface area contributed by atoms with Gasteiger partial charge in [-0.2, -0.15) is 0 Å². The Labute approximate surface area is 234 Å². The zero-order valence-corrected chi connectivity index (χ0v) is 22.3. The highest BCUT2D eigenvalue weighted by Gasteiger charge is 2.46. The first-order valence-electron chi connectivity index (χ1n) is 12.9. The van der Waals surface area contributed by atoms with Gasteiger partial charge in [-0.3, -0.25) is 19.7 Å². The number of rotatable bonds is 9. The van der Waals surface area contributed by atoms with Gasteiger partial charge in [0.1, 0.15) is 11.5 Å².